The lowest BCUT2D eigenvalue weighted by Crippen LogP contribution is -1.85. The number of rotatable bonds is 5. The largest absolute Gasteiger partial charge is 0.436 e. The van der Waals surface area contributed by atoms with Crippen molar-refractivity contribution in [1.29, 1.82) is 5.26 Å². The quantitative estimate of drug-likeness (QED) is 0.229. The number of aliphatic imine (C=N–C) groups is 1. The molecule has 5 aromatic rings. The van der Waals surface area contributed by atoms with Crippen molar-refractivity contribution in [1.82, 2.24) is 0 Å². The van der Waals surface area contributed by atoms with Gasteiger partial charge in [0.1, 0.15) is 17.4 Å². The van der Waals surface area contributed by atoms with Crippen molar-refractivity contribution >= 4 is 35.3 Å². The van der Waals surface area contributed by atoms with Crippen LogP contribution < -0.4 is 0 Å². The van der Waals surface area contributed by atoms with Crippen LogP contribution in [0.3, 0.4) is 0 Å². The molecule has 0 fully saturated rings. The summed E-state index contributed by atoms with van der Waals surface area (Å²) in [7, 11) is 0. The number of nitrogens with zero attached hydrogens (tertiary/aromatic N) is 2. The van der Waals surface area contributed by atoms with E-state index in [1.54, 1.807) is 24.4 Å². The Balaban J connectivity index is 1.62. The van der Waals surface area contributed by atoms with Crippen LogP contribution in [0.25, 0.3) is 33.6 Å². The molecule has 0 N–H and O–H groups in total. The Morgan fingerprint density at radius 1 is 0.714 bits per heavy atom. The van der Waals surface area contributed by atoms with Crippen molar-refractivity contribution in [3.05, 3.63) is 124 Å². The second-order valence-electron chi connectivity index (χ2n) is 7.83. The van der Waals surface area contributed by atoms with Gasteiger partial charge in [-0.1, -0.05) is 114 Å². The Hall–Kier alpha value is -4.10. The first-order chi connectivity index (χ1) is 17.1. The van der Waals surface area contributed by atoms with Crippen molar-refractivity contribution < 1.29 is 4.42 Å². The molecule has 1 aromatic heterocycles. The highest BCUT2D eigenvalue weighted by Crippen LogP contribution is 2.43. The number of hydrogen-bond acceptors (Lipinski definition) is 3. The molecule has 3 nitrogen and oxygen atoms in total. The molecule has 0 saturated carbocycles. The zero-order chi connectivity index (χ0) is 24.2. The average molecular weight is 493 g/mol. The first-order valence-electron chi connectivity index (χ1n) is 10.9. The summed E-state index contributed by atoms with van der Waals surface area (Å²) in [5, 5.41) is 11.1. The van der Waals surface area contributed by atoms with Crippen molar-refractivity contribution in [3.8, 4) is 39.6 Å². The molecule has 0 unspecified atom stereocenters. The van der Waals surface area contributed by atoms with Crippen LogP contribution in [0.1, 0.15) is 11.1 Å². The lowest BCUT2D eigenvalue weighted by atomic mass is 9.97. The van der Waals surface area contributed by atoms with Crippen molar-refractivity contribution in [3.63, 3.8) is 0 Å². The molecule has 4 aromatic carbocycles. The minimum atomic E-state index is 0.222. The third-order valence-electron chi connectivity index (χ3n) is 5.60. The fraction of sp³-hybridized carbons (Fsp3) is 0. The van der Waals surface area contributed by atoms with Gasteiger partial charge in [-0.3, -0.25) is 0 Å². The molecule has 0 aliphatic heterocycles. The molecule has 0 amide bonds. The van der Waals surface area contributed by atoms with Gasteiger partial charge in [-0.05, 0) is 28.8 Å². The summed E-state index contributed by atoms with van der Waals surface area (Å²) in [6.07, 6.45) is 1.58. The molecule has 0 spiro atoms. The van der Waals surface area contributed by atoms with Crippen LogP contribution in [0.4, 0.5) is 5.88 Å². The van der Waals surface area contributed by atoms with Crippen molar-refractivity contribution in [2.24, 2.45) is 4.99 Å². The Labute approximate surface area is 213 Å². The number of furan rings is 1. The molecule has 168 valence electrons. The topological polar surface area (TPSA) is 49.3 Å². The van der Waals surface area contributed by atoms with E-state index in [-0.39, 0.29) is 5.88 Å². The van der Waals surface area contributed by atoms with E-state index in [0.29, 0.717) is 32.5 Å². The van der Waals surface area contributed by atoms with E-state index in [2.05, 4.69) is 23.2 Å². The van der Waals surface area contributed by atoms with Crippen LogP contribution in [0.5, 0.6) is 0 Å². The predicted octanol–water partition coefficient (Wildman–Crippen LogP) is 9.21. The number of nitriles is 1. The van der Waals surface area contributed by atoms with Crippen LogP contribution in [-0.4, -0.2) is 6.21 Å². The smallest absolute Gasteiger partial charge is 0.238 e. The standard InChI is InChI=1S/C30H18Cl2N2O/c31-25-16-15-24(27(32)17-25)19-34-30-26(18-33)28(22-9-5-2-6-10-22)29(35-30)23-13-11-21(12-14-23)20-7-3-1-4-8-20/h1-17,19H. The van der Waals surface area contributed by atoms with Crippen molar-refractivity contribution in [2.75, 3.05) is 0 Å². The Kier molecular flexibility index (Phi) is 6.50. The lowest BCUT2D eigenvalue weighted by molar-refractivity contribution is 0.593. The second kappa shape index (κ2) is 10.0. The van der Waals surface area contributed by atoms with Crippen LogP contribution in [0, 0.1) is 11.3 Å². The molecule has 0 bridgehead atoms. The average Bonchev–Trinajstić information content (AvgIpc) is 3.28. The number of hydrogen-bond donors (Lipinski definition) is 0. The summed E-state index contributed by atoms with van der Waals surface area (Å²) in [4.78, 5) is 4.49. The molecule has 0 atom stereocenters. The molecular weight excluding hydrogens is 475 g/mol. The molecule has 1 heterocycles. The van der Waals surface area contributed by atoms with Gasteiger partial charge < -0.3 is 4.42 Å². The molecular formula is C30H18Cl2N2O. The summed E-state index contributed by atoms with van der Waals surface area (Å²) in [6.45, 7) is 0. The van der Waals surface area contributed by atoms with E-state index in [0.717, 1.165) is 22.3 Å². The summed E-state index contributed by atoms with van der Waals surface area (Å²) >= 11 is 12.3. The van der Waals surface area contributed by atoms with Crippen LogP contribution in [0.15, 0.2) is 113 Å². The minimum Gasteiger partial charge on any atom is -0.436 e. The monoisotopic (exact) mass is 492 g/mol. The molecule has 0 aliphatic rings. The van der Waals surface area contributed by atoms with Gasteiger partial charge in [0.25, 0.3) is 0 Å². The number of benzene rings is 4. The maximum Gasteiger partial charge on any atom is 0.238 e. The first kappa shape index (κ1) is 22.7. The van der Waals surface area contributed by atoms with Crippen LogP contribution in [-0.2, 0) is 0 Å². The Morgan fingerprint density at radius 2 is 1.31 bits per heavy atom. The highest BCUT2D eigenvalue weighted by molar-refractivity contribution is 6.36. The molecule has 35 heavy (non-hydrogen) atoms. The Morgan fingerprint density at radius 3 is 1.94 bits per heavy atom. The second-order valence-corrected chi connectivity index (χ2v) is 8.68. The molecule has 5 rings (SSSR count). The molecule has 5 heteroatoms. The molecule has 0 saturated heterocycles. The summed E-state index contributed by atoms with van der Waals surface area (Å²) in [5.74, 6) is 0.807. The summed E-state index contributed by atoms with van der Waals surface area (Å²) in [5.41, 5.74) is 5.69. The lowest BCUT2D eigenvalue weighted by Gasteiger charge is -2.06. The van der Waals surface area contributed by atoms with Gasteiger partial charge in [0.15, 0.2) is 0 Å². The summed E-state index contributed by atoms with van der Waals surface area (Å²) < 4.78 is 6.22. The van der Waals surface area contributed by atoms with Gasteiger partial charge in [-0.25, -0.2) is 4.99 Å². The maximum atomic E-state index is 10.1. The van der Waals surface area contributed by atoms with Crippen LogP contribution >= 0.6 is 23.2 Å². The fourth-order valence-electron chi connectivity index (χ4n) is 3.88. The third kappa shape index (κ3) is 4.76. The van der Waals surface area contributed by atoms with E-state index in [9.17, 15) is 5.26 Å². The normalized spacial score (nSPS) is 11.0. The van der Waals surface area contributed by atoms with E-state index < -0.39 is 0 Å². The highest BCUT2D eigenvalue weighted by atomic mass is 35.5. The summed E-state index contributed by atoms with van der Waals surface area (Å²) in [6, 6.07) is 35.4. The SMILES string of the molecule is N#Cc1c(N=Cc2ccc(Cl)cc2Cl)oc(-c2ccc(-c3ccccc3)cc2)c1-c1ccccc1. The predicted molar refractivity (Wildman–Crippen MR) is 143 cm³/mol. The minimum absolute atomic E-state index is 0.222. The van der Waals surface area contributed by atoms with Gasteiger partial charge in [-0.2, -0.15) is 5.26 Å². The highest BCUT2D eigenvalue weighted by Gasteiger charge is 2.22. The van der Waals surface area contributed by atoms with Gasteiger partial charge >= 0.3 is 0 Å². The molecule has 0 aliphatic carbocycles. The number of halogens is 2. The van der Waals surface area contributed by atoms with E-state index in [1.807, 2.05) is 72.8 Å². The zero-order valence-corrected chi connectivity index (χ0v) is 20.0. The third-order valence-corrected chi connectivity index (χ3v) is 6.16. The van der Waals surface area contributed by atoms with Gasteiger partial charge in [0.05, 0.1) is 5.02 Å². The fourth-order valence-corrected chi connectivity index (χ4v) is 4.33. The van der Waals surface area contributed by atoms with E-state index in [4.69, 9.17) is 27.6 Å². The first-order valence-corrected chi connectivity index (χ1v) is 11.7. The zero-order valence-electron chi connectivity index (χ0n) is 18.5. The van der Waals surface area contributed by atoms with Crippen LogP contribution in [0.2, 0.25) is 10.0 Å². The van der Waals surface area contributed by atoms with Crippen molar-refractivity contribution in [2.45, 2.75) is 0 Å². The van der Waals surface area contributed by atoms with Gasteiger partial charge in [0, 0.05) is 27.9 Å². The van der Waals surface area contributed by atoms with Gasteiger partial charge in [-0.15, -0.1) is 0 Å². The maximum absolute atomic E-state index is 10.1. The Bertz CT molecular complexity index is 1550. The van der Waals surface area contributed by atoms with E-state index in [1.165, 1.54) is 0 Å². The van der Waals surface area contributed by atoms with Gasteiger partial charge in [0.2, 0.25) is 5.88 Å². The van der Waals surface area contributed by atoms with E-state index >= 15 is 0 Å². The molecule has 0 radical (unpaired) electrons.